The highest BCUT2D eigenvalue weighted by Crippen LogP contribution is 2.19. The van der Waals surface area contributed by atoms with Gasteiger partial charge in [-0.2, -0.15) is 0 Å². The van der Waals surface area contributed by atoms with Gasteiger partial charge in [0.05, 0.1) is 17.6 Å². The lowest BCUT2D eigenvalue weighted by atomic mass is 10.1. The van der Waals surface area contributed by atoms with Crippen molar-refractivity contribution in [1.82, 2.24) is 4.98 Å². The maximum absolute atomic E-state index is 11.9. The molecule has 1 amide bonds. The van der Waals surface area contributed by atoms with Crippen LogP contribution in [0, 0.1) is 0 Å². The van der Waals surface area contributed by atoms with Crippen molar-refractivity contribution in [3.63, 3.8) is 0 Å². The third-order valence-corrected chi connectivity index (χ3v) is 4.26. The number of carbonyl (C=O) groups excluding carboxylic acids is 1. The molecule has 0 radical (unpaired) electrons. The lowest BCUT2D eigenvalue weighted by molar-refractivity contribution is -0.113. The van der Waals surface area contributed by atoms with Crippen LogP contribution in [0.2, 0.25) is 0 Å². The summed E-state index contributed by atoms with van der Waals surface area (Å²) in [6, 6.07) is 18.4. The van der Waals surface area contributed by atoms with Crippen molar-refractivity contribution in [3.05, 3.63) is 72.6 Å². The van der Waals surface area contributed by atoms with Gasteiger partial charge in [0.1, 0.15) is 0 Å². The van der Waals surface area contributed by atoms with E-state index in [1.807, 2.05) is 18.2 Å². The largest absolute Gasteiger partial charge is 0.324 e. The monoisotopic (exact) mass is 308 g/mol. The third kappa shape index (κ3) is 3.86. The number of benzene rings is 2. The topological polar surface area (TPSA) is 42.0 Å². The number of nitrogens with zero attached hydrogens (tertiary/aromatic N) is 1. The molecule has 0 aliphatic heterocycles. The van der Waals surface area contributed by atoms with Gasteiger partial charge in [0.15, 0.2) is 0 Å². The molecule has 22 heavy (non-hydrogen) atoms. The van der Waals surface area contributed by atoms with Gasteiger partial charge in [-0.05, 0) is 28.5 Å². The van der Waals surface area contributed by atoms with Crippen LogP contribution in [0.1, 0.15) is 5.56 Å². The Morgan fingerprint density at radius 3 is 2.73 bits per heavy atom. The number of anilines is 1. The first-order valence-electron chi connectivity index (χ1n) is 7.06. The van der Waals surface area contributed by atoms with E-state index in [1.165, 1.54) is 16.3 Å². The molecule has 0 aliphatic carbocycles. The van der Waals surface area contributed by atoms with Gasteiger partial charge >= 0.3 is 0 Å². The second kappa shape index (κ2) is 7.09. The van der Waals surface area contributed by atoms with Gasteiger partial charge in [-0.1, -0.05) is 42.5 Å². The standard InChI is InChI=1S/C18H16N2OS/c21-18(20-17-6-3-9-19-11-17)13-22-12-14-7-8-15-4-1-2-5-16(15)10-14/h1-11H,12-13H2,(H,20,21). The molecule has 2 aromatic carbocycles. The van der Waals surface area contributed by atoms with E-state index < -0.39 is 0 Å². The summed E-state index contributed by atoms with van der Waals surface area (Å²) in [4.78, 5) is 15.8. The maximum atomic E-state index is 11.9. The minimum absolute atomic E-state index is 0.00112. The zero-order valence-corrected chi connectivity index (χ0v) is 12.8. The Hall–Kier alpha value is -2.33. The molecule has 1 aromatic heterocycles. The van der Waals surface area contributed by atoms with Crippen LogP contribution >= 0.6 is 11.8 Å². The van der Waals surface area contributed by atoms with Crippen LogP contribution in [0.5, 0.6) is 0 Å². The molecule has 0 spiro atoms. The van der Waals surface area contributed by atoms with Crippen LogP contribution in [0.4, 0.5) is 5.69 Å². The minimum atomic E-state index is -0.00112. The zero-order chi connectivity index (χ0) is 15.2. The van der Waals surface area contributed by atoms with Crippen LogP contribution in [-0.4, -0.2) is 16.6 Å². The number of hydrogen-bond donors (Lipinski definition) is 1. The Bertz CT molecular complexity index is 774. The van der Waals surface area contributed by atoms with Crippen molar-refractivity contribution >= 4 is 34.1 Å². The summed E-state index contributed by atoms with van der Waals surface area (Å²) in [5, 5.41) is 5.31. The molecule has 0 saturated carbocycles. The molecule has 110 valence electrons. The fraction of sp³-hybridized carbons (Fsp3) is 0.111. The first-order valence-corrected chi connectivity index (χ1v) is 8.22. The fourth-order valence-corrected chi connectivity index (χ4v) is 3.00. The minimum Gasteiger partial charge on any atom is -0.324 e. The van der Waals surface area contributed by atoms with Crippen molar-refractivity contribution in [2.75, 3.05) is 11.1 Å². The van der Waals surface area contributed by atoms with E-state index >= 15 is 0 Å². The molecule has 0 atom stereocenters. The Morgan fingerprint density at radius 2 is 1.91 bits per heavy atom. The molecule has 1 N–H and O–H groups in total. The second-order valence-electron chi connectivity index (χ2n) is 4.96. The summed E-state index contributed by atoms with van der Waals surface area (Å²) in [5.74, 6) is 1.26. The molecule has 0 unspecified atom stereocenters. The highest BCUT2D eigenvalue weighted by molar-refractivity contribution is 7.99. The Balaban J connectivity index is 1.52. The van der Waals surface area contributed by atoms with Crippen molar-refractivity contribution < 1.29 is 4.79 Å². The number of pyridine rings is 1. The average Bonchev–Trinajstić information content (AvgIpc) is 2.55. The van der Waals surface area contributed by atoms with Crippen molar-refractivity contribution in [2.45, 2.75) is 5.75 Å². The normalized spacial score (nSPS) is 10.5. The second-order valence-corrected chi connectivity index (χ2v) is 5.95. The van der Waals surface area contributed by atoms with Gasteiger partial charge in [0.2, 0.25) is 5.91 Å². The van der Waals surface area contributed by atoms with Crippen LogP contribution in [-0.2, 0) is 10.5 Å². The van der Waals surface area contributed by atoms with Gasteiger partial charge in [-0.25, -0.2) is 0 Å². The van der Waals surface area contributed by atoms with Crippen molar-refractivity contribution in [2.24, 2.45) is 0 Å². The number of carbonyl (C=O) groups is 1. The Kier molecular flexibility index (Phi) is 4.71. The van der Waals surface area contributed by atoms with E-state index in [9.17, 15) is 4.79 Å². The summed E-state index contributed by atoms with van der Waals surface area (Å²) in [6.07, 6.45) is 3.33. The van der Waals surface area contributed by atoms with E-state index in [4.69, 9.17) is 0 Å². The van der Waals surface area contributed by atoms with Gasteiger partial charge in [-0.15, -0.1) is 11.8 Å². The molecule has 3 nitrogen and oxygen atoms in total. The Labute approximate surface area is 133 Å². The molecule has 0 bridgehead atoms. The smallest absolute Gasteiger partial charge is 0.234 e. The van der Waals surface area contributed by atoms with E-state index in [0.717, 1.165) is 11.4 Å². The molecule has 4 heteroatoms. The molecule has 3 rings (SSSR count). The molecule has 1 heterocycles. The quantitative estimate of drug-likeness (QED) is 0.771. The predicted octanol–water partition coefficient (Wildman–Crippen LogP) is 4.11. The number of fused-ring (bicyclic) bond motifs is 1. The highest BCUT2D eigenvalue weighted by atomic mass is 32.2. The fourth-order valence-electron chi connectivity index (χ4n) is 2.22. The van der Waals surface area contributed by atoms with E-state index in [-0.39, 0.29) is 5.91 Å². The van der Waals surface area contributed by atoms with Crippen LogP contribution in [0.25, 0.3) is 10.8 Å². The Morgan fingerprint density at radius 1 is 1.05 bits per heavy atom. The number of hydrogen-bond acceptors (Lipinski definition) is 3. The van der Waals surface area contributed by atoms with Crippen molar-refractivity contribution in [3.8, 4) is 0 Å². The molecular formula is C18H16N2OS. The summed E-state index contributed by atoms with van der Waals surface area (Å²) in [6.45, 7) is 0. The lowest BCUT2D eigenvalue weighted by Gasteiger charge is -2.05. The van der Waals surface area contributed by atoms with Crippen molar-refractivity contribution in [1.29, 1.82) is 0 Å². The molecule has 0 fully saturated rings. The first-order chi connectivity index (χ1) is 10.8. The van der Waals surface area contributed by atoms with E-state index in [0.29, 0.717) is 5.75 Å². The number of nitrogens with one attached hydrogen (secondary N) is 1. The van der Waals surface area contributed by atoms with Gasteiger partial charge in [0.25, 0.3) is 0 Å². The van der Waals surface area contributed by atoms with Crippen LogP contribution in [0.15, 0.2) is 67.0 Å². The number of amides is 1. The maximum Gasteiger partial charge on any atom is 0.234 e. The summed E-state index contributed by atoms with van der Waals surface area (Å²) in [5.41, 5.74) is 1.97. The van der Waals surface area contributed by atoms with Crippen LogP contribution < -0.4 is 5.32 Å². The molecule has 3 aromatic rings. The summed E-state index contributed by atoms with van der Waals surface area (Å²) < 4.78 is 0. The molecule has 0 aliphatic rings. The SMILES string of the molecule is O=C(CSCc1ccc2ccccc2c1)Nc1cccnc1. The first kappa shape index (κ1) is 14.6. The highest BCUT2D eigenvalue weighted by Gasteiger charge is 2.03. The molecular weight excluding hydrogens is 292 g/mol. The average molecular weight is 308 g/mol. The molecule has 0 saturated heterocycles. The number of aromatic nitrogens is 1. The van der Waals surface area contributed by atoms with Gasteiger partial charge in [0, 0.05) is 11.9 Å². The number of rotatable bonds is 5. The summed E-state index contributed by atoms with van der Waals surface area (Å²) >= 11 is 1.61. The lowest BCUT2D eigenvalue weighted by Crippen LogP contribution is -2.14. The van der Waals surface area contributed by atoms with Crippen LogP contribution in [0.3, 0.4) is 0 Å². The number of thioether (sulfide) groups is 1. The van der Waals surface area contributed by atoms with Gasteiger partial charge in [-0.3, -0.25) is 9.78 Å². The third-order valence-electron chi connectivity index (χ3n) is 3.26. The summed E-state index contributed by atoms with van der Waals surface area (Å²) in [7, 11) is 0. The van der Waals surface area contributed by atoms with E-state index in [1.54, 1.807) is 30.2 Å². The predicted molar refractivity (Wildman–Crippen MR) is 93.0 cm³/mol. The zero-order valence-electron chi connectivity index (χ0n) is 12.0. The van der Waals surface area contributed by atoms with E-state index in [2.05, 4.69) is 40.6 Å². The van der Waals surface area contributed by atoms with Gasteiger partial charge < -0.3 is 5.32 Å².